The number of hydrogen-bond acceptors (Lipinski definition) is 7. The van der Waals surface area contributed by atoms with Crippen molar-refractivity contribution in [2.45, 2.75) is 38.0 Å². The minimum absolute atomic E-state index is 0.0161. The van der Waals surface area contributed by atoms with E-state index < -0.39 is 10.2 Å². The zero-order valence-electron chi connectivity index (χ0n) is 15.3. The Balaban J connectivity index is 1.78. The fourth-order valence-electron chi connectivity index (χ4n) is 2.53. The van der Waals surface area contributed by atoms with E-state index in [4.69, 9.17) is 0 Å². The molecule has 0 bridgehead atoms. The molecule has 9 heteroatoms. The smallest absolute Gasteiger partial charge is 0.269 e. The number of nitrogens with one attached hydrogen (secondary N) is 1. The molecule has 1 N–H and O–H groups in total. The summed E-state index contributed by atoms with van der Waals surface area (Å²) >= 11 is 3.01. The number of amides is 1. The van der Waals surface area contributed by atoms with Crippen LogP contribution < -0.4 is 5.32 Å². The number of nitro groups is 1. The van der Waals surface area contributed by atoms with E-state index in [0.717, 1.165) is 20.8 Å². The molecule has 3 aromatic rings. The van der Waals surface area contributed by atoms with Crippen molar-refractivity contribution in [2.24, 2.45) is 0 Å². The first kappa shape index (κ1) is 19.2. The van der Waals surface area contributed by atoms with E-state index in [-0.39, 0.29) is 11.6 Å². The van der Waals surface area contributed by atoms with Crippen molar-refractivity contribution >= 4 is 50.6 Å². The van der Waals surface area contributed by atoms with Gasteiger partial charge in [0.05, 0.1) is 10.2 Å². The molecule has 0 spiro atoms. The number of nitrogens with zero attached hydrogens (tertiary/aromatic N) is 3. The molecule has 0 saturated carbocycles. The normalized spacial score (nSPS) is 12.1. The molecule has 0 aliphatic heterocycles. The molecular weight excluding hydrogens is 384 g/mol. The molecule has 0 radical (unpaired) electrons. The summed E-state index contributed by atoms with van der Waals surface area (Å²) in [6.45, 7) is 7.74. The summed E-state index contributed by atoms with van der Waals surface area (Å²) in [6.07, 6.45) is 0. The van der Waals surface area contributed by atoms with E-state index in [2.05, 4.69) is 22.2 Å². The van der Waals surface area contributed by atoms with Gasteiger partial charge in [-0.2, -0.15) is 0 Å². The number of thiophene rings is 1. The van der Waals surface area contributed by atoms with Crippen molar-refractivity contribution in [1.29, 1.82) is 0 Å². The third kappa shape index (κ3) is 4.09. The lowest BCUT2D eigenvalue weighted by atomic mass is 10.2. The van der Waals surface area contributed by atoms with Crippen LogP contribution in [0.2, 0.25) is 0 Å². The van der Waals surface area contributed by atoms with E-state index in [1.54, 1.807) is 11.3 Å². The molecule has 27 heavy (non-hydrogen) atoms. The first-order chi connectivity index (χ1) is 12.8. The molecule has 0 aliphatic carbocycles. The van der Waals surface area contributed by atoms with E-state index in [1.165, 1.54) is 40.9 Å². The largest absolute Gasteiger partial charge is 0.325 e. The Morgan fingerprint density at radius 1 is 1.22 bits per heavy atom. The van der Waals surface area contributed by atoms with Crippen LogP contribution in [0.5, 0.6) is 0 Å². The number of carbonyl (C=O) groups excluding carboxylic acids is 1. The first-order valence-electron chi connectivity index (χ1n) is 8.22. The van der Waals surface area contributed by atoms with Crippen LogP contribution in [0.15, 0.2) is 29.3 Å². The van der Waals surface area contributed by atoms with Crippen LogP contribution in [-0.4, -0.2) is 26.0 Å². The van der Waals surface area contributed by atoms with Gasteiger partial charge in [0.25, 0.3) is 5.69 Å². The van der Waals surface area contributed by atoms with Crippen LogP contribution >= 0.6 is 23.1 Å². The van der Waals surface area contributed by atoms with Gasteiger partial charge in [-0.05, 0) is 45.4 Å². The molecule has 0 fully saturated rings. The van der Waals surface area contributed by atoms with E-state index in [1.807, 2.05) is 20.8 Å². The lowest BCUT2D eigenvalue weighted by Crippen LogP contribution is -2.22. The van der Waals surface area contributed by atoms with Crippen molar-refractivity contribution < 1.29 is 9.72 Å². The Morgan fingerprint density at radius 3 is 2.52 bits per heavy atom. The average Bonchev–Trinajstić information content (AvgIpc) is 2.89. The van der Waals surface area contributed by atoms with Crippen molar-refractivity contribution in [2.75, 3.05) is 5.32 Å². The quantitative estimate of drug-likeness (QED) is 0.289. The summed E-state index contributed by atoms with van der Waals surface area (Å²) in [5.41, 5.74) is 1.64. The number of anilines is 1. The zero-order chi connectivity index (χ0) is 19.7. The minimum Gasteiger partial charge on any atom is -0.325 e. The highest BCUT2D eigenvalue weighted by Crippen LogP contribution is 2.36. The molecule has 2 aromatic heterocycles. The van der Waals surface area contributed by atoms with Crippen LogP contribution in [0.3, 0.4) is 0 Å². The maximum atomic E-state index is 12.5. The fourth-order valence-corrected chi connectivity index (χ4v) is 4.72. The second-order valence-corrected chi connectivity index (χ2v) is 8.63. The van der Waals surface area contributed by atoms with Gasteiger partial charge in [0.1, 0.15) is 15.7 Å². The lowest BCUT2D eigenvalue weighted by Gasteiger charge is -2.13. The molecule has 1 atom stereocenters. The number of hydrogen-bond donors (Lipinski definition) is 1. The first-order valence-corrected chi connectivity index (χ1v) is 9.92. The Hall–Kier alpha value is -2.52. The van der Waals surface area contributed by atoms with Crippen LogP contribution in [-0.2, 0) is 4.79 Å². The molecule has 2 heterocycles. The Kier molecular flexibility index (Phi) is 5.43. The summed E-state index contributed by atoms with van der Waals surface area (Å²) < 4.78 is 0. The monoisotopic (exact) mass is 402 g/mol. The molecule has 1 unspecified atom stereocenters. The molecule has 1 aromatic carbocycles. The number of non-ortho nitro benzene ring substituents is 1. The number of aryl methyl sites for hydroxylation is 3. The van der Waals surface area contributed by atoms with Gasteiger partial charge in [-0.25, -0.2) is 9.97 Å². The van der Waals surface area contributed by atoms with Gasteiger partial charge in [0, 0.05) is 28.1 Å². The Labute approximate surface area is 164 Å². The molecule has 140 valence electrons. The molecule has 3 rings (SSSR count). The fraction of sp³-hybridized carbons (Fsp3) is 0.278. The second kappa shape index (κ2) is 7.61. The average molecular weight is 403 g/mol. The van der Waals surface area contributed by atoms with E-state index in [9.17, 15) is 14.9 Å². The van der Waals surface area contributed by atoms with Gasteiger partial charge in [0.2, 0.25) is 5.91 Å². The topological polar surface area (TPSA) is 98.0 Å². The van der Waals surface area contributed by atoms with Crippen LogP contribution in [0.1, 0.15) is 23.2 Å². The van der Waals surface area contributed by atoms with Gasteiger partial charge in [0.15, 0.2) is 0 Å². The number of benzene rings is 1. The molecule has 0 saturated heterocycles. The summed E-state index contributed by atoms with van der Waals surface area (Å²) in [5.74, 6) is 0.483. The SMILES string of the molecule is Cc1nc(SC(C)C(=O)Nc2ccc([N+](=O)[O-])cc2)c2c(C)c(C)sc2n1. The van der Waals surface area contributed by atoms with Gasteiger partial charge in [-0.3, -0.25) is 14.9 Å². The van der Waals surface area contributed by atoms with E-state index >= 15 is 0 Å². The number of thioether (sulfide) groups is 1. The third-order valence-electron chi connectivity index (χ3n) is 4.11. The lowest BCUT2D eigenvalue weighted by molar-refractivity contribution is -0.384. The molecule has 1 amide bonds. The highest BCUT2D eigenvalue weighted by molar-refractivity contribution is 8.00. The van der Waals surface area contributed by atoms with Gasteiger partial charge in [-0.1, -0.05) is 11.8 Å². The maximum Gasteiger partial charge on any atom is 0.269 e. The number of rotatable bonds is 5. The molecular formula is C18H18N4O3S2. The number of aromatic nitrogens is 2. The summed E-state index contributed by atoms with van der Waals surface area (Å²) in [5, 5.41) is 14.9. The van der Waals surface area contributed by atoms with Gasteiger partial charge >= 0.3 is 0 Å². The number of nitro benzene ring substituents is 1. The van der Waals surface area contributed by atoms with Crippen LogP contribution in [0.4, 0.5) is 11.4 Å². The zero-order valence-corrected chi connectivity index (χ0v) is 16.9. The van der Waals surface area contributed by atoms with Crippen molar-refractivity contribution in [3.8, 4) is 0 Å². The minimum atomic E-state index is -0.474. The summed E-state index contributed by atoms with van der Waals surface area (Å²) in [6, 6.07) is 5.77. The number of fused-ring (bicyclic) bond motifs is 1. The molecule has 7 nitrogen and oxygen atoms in total. The van der Waals surface area contributed by atoms with E-state index in [0.29, 0.717) is 11.5 Å². The molecule has 0 aliphatic rings. The number of carbonyl (C=O) groups is 1. The van der Waals surface area contributed by atoms with Crippen LogP contribution in [0.25, 0.3) is 10.2 Å². The van der Waals surface area contributed by atoms with Gasteiger partial charge in [-0.15, -0.1) is 11.3 Å². The van der Waals surface area contributed by atoms with Crippen molar-refractivity contribution in [3.05, 3.63) is 50.6 Å². The standard InChI is InChI=1S/C18H18N4O3S2/c1-9-10(2)26-17-15(9)18(20-12(4)19-17)27-11(3)16(23)21-13-5-7-14(8-6-13)22(24)25/h5-8,11H,1-4H3,(H,21,23). The second-order valence-electron chi connectivity index (χ2n) is 6.09. The van der Waals surface area contributed by atoms with Crippen LogP contribution in [0, 0.1) is 30.9 Å². The predicted molar refractivity (Wildman–Crippen MR) is 109 cm³/mol. The van der Waals surface area contributed by atoms with Gasteiger partial charge < -0.3 is 5.32 Å². The highest BCUT2D eigenvalue weighted by atomic mass is 32.2. The highest BCUT2D eigenvalue weighted by Gasteiger charge is 2.20. The summed E-state index contributed by atoms with van der Waals surface area (Å²) in [7, 11) is 0. The third-order valence-corrected chi connectivity index (χ3v) is 6.30. The Morgan fingerprint density at radius 2 is 1.89 bits per heavy atom. The maximum absolute atomic E-state index is 12.5. The summed E-state index contributed by atoms with van der Waals surface area (Å²) in [4.78, 5) is 33.9. The predicted octanol–water partition coefficient (Wildman–Crippen LogP) is 4.64. The van der Waals surface area contributed by atoms with Crippen molar-refractivity contribution in [1.82, 2.24) is 9.97 Å². The van der Waals surface area contributed by atoms with Crippen molar-refractivity contribution in [3.63, 3.8) is 0 Å². The Bertz CT molecular complexity index is 1030.